The number of rotatable bonds is 6. The molecule has 0 fully saturated rings. The maximum Gasteiger partial charge on any atom is 0.320 e. The van der Waals surface area contributed by atoms with Crippen LogP contribution < -0.4 is 15.2 Å². The van der Waals surface area contributed by atoms with Crippen LogP contribution in [0.3, 0.4) is 0 Å². The summed E-state index contributed by atoms with van der Waals surface area (Å²) in [4.78, 5) is 22.2. The number of hydrogen-bond donors (Lipinski definition) is 2. The van der Waals surface area contributed by atoms with Crippen LogP contribution in [0.1, 0.15) is 12.5 Å². The minimum Gasteiger partial charge on any atom is -0.480 e. The molecule has 144 valence electrons. The summed E-state index contributed by atoms with van der Waals surface area (Å²) in [5.74, 6) is 0.399. The highest BCUT2D eigenvalue weighted by Gasteiger charge is 2.17. The normalized spacial score (nSPS) is 11.8. The summed E-state index contributed by atoms with van der Waals surface area (Å²) in [6, 6.07) is 6.37. The Morgan fingerprint density at radius 2 is 1.48 bits per heavy atom. The van der Waals surface area contributed by atoms with E-state index in [4.69, 9.17) is 20.3 Å². The van der Waals surface area contributed by atoms with Gasteiger partial charge in [0.25, 0.3) is 0 Å². The molecule has 6 nitrogen and oxygen atoms in total. The Balaban J connectivity index is 2.30. The first-order valence-corrected chi connectivity index (χ1v) is 11.7. The average molecular weight is 819 g/mol. The van der Waals surface area contributed by atoms with Crippen LogP contribution in [0.25, 0.3) is 0 Å². The highest BCUT2D eigenvalue weighted by Crippen LogP contribution is 2.37. The quantitative estimate of drug-likeness (QED) is 0.248. The van der Waals surface area contributed by atoms with Crippen molar-refractivity contribution in [1.29, 1.82) is 0 Å². The van der Waals surface area contributed by atoms with E-state index in [0.717, 1.165) is 19.8 Å². The van der Waals surface area contributed by atoms with Crippen molar-refractivity contribution >= 4 is 102 Å². The van der Waals surface area contributed by atoms with Gasteiger partial charge in [0.15, 0.2) is 11.5 Å². The van der Waals surface area contributed by atoms with Gasteiger partial charge in [0.05, 0.1) is 14.3 Å². The zero-order valence-corrected chi connectivity index (χ0v) is 22.4. The molecule has 0 radical (unpaired) electrons. The molecule has 0 amide bonds. The zero-order chi connectivity index (χ0) is 20.3. The van der Waals surface area contributed by atoms with Gasteiger partial charge in [-0.2, -0.15) is 0 Å². The lowest BCUT2D eigenvalue weighted by Crippen LogP contribution is -2.32. The molecule has 0 unspecified atom stereocenters. The SMILES string of the molecule is CC(=O)Oc1c(I)cc(Oc2c(I)cc(C[C@H](N)C(=O)O)cc2I)cc1I. The molecule has 0 heterocycles. The Morgan fingerprint density at radius 1 is 1.00 bits per heavy atom. The molecule has 27 heavy (non-hydrogen) atoms. The van der Waals surface area contributed by atoms with Gasteiger partial charge in [-0.3, -0.25) is 9.59 Å². The summed E-state index contributed by atoms with van der Waals surface area (Å²) in [7, 11) is 0. The number of carbonyl (C=O) groups excluding carboxylic acids is 1. The molecule has 0 aromatic heterocycles. The van der Waals surface area contributed by atoms with Crippen LogP contribution >= 0.6 is 90.4 Å². The molecule has 0 saturated carbocycles. The molecule has 0 bridgehead atoms. The molecule has 2 rings (SSSR count). The fraction of sp³-hybridized carbons (Fsp3) is 0.176. The number of nitrogens with two attached hydrogens (primary N) is 1. The number of carbonyl (C=O) groups is 2. The summed E-state index contributed by atoms with van der Waals surface area (Å²) in [6.45, 7) is 1.36. The van der Waals surface area contributed by atoms with E-state index in [0.29, 0.717) is 17.2 Å². The largest absolute Gasteiger partial charge is 0.480 e. The molecule has 3 N–H and O–H groups in total. The van der Waals surface area contributed by atoms with Gasteiger partial charge in [0, 0.05) is 6.92 Å². The lowest BCUT2D eigenvalue weighted by molar-refractivity contribution is -0.138. The van der Waals surface area contributed by atoms with E-state index in [-0.39, 0.29) is 12.4 Å². The molecule has 0 aliphatic carbocycles. The van der Waals surface area contributed by atoms with Crippen molar-refractivity contribution < 1.29 is 24.2 Å². The van der Waals surface area contributed by atoms with Crippen LogP contribution in [0.15, 0.2) is 24.3 Å². The molecule has 2 aromatic carbocycles. The van der Waals surface area contributed by atoms with Crippen molar-refractivity contribution in [1.82, 2.24) is 0 Å². The van der Waals surface area contributed by atoms with E-state index < -0.39 is 12.0 Å². The first kappa shape index (κ1) is 23.3. The Labute approximate surface area is 210 Å². The van der Waals surface area contributed by atoms with E-state index in [9.17, 15) is 9.59 Å². The van der Waals surface area contributed by atoms with E-state index in [2.05, 4.69) is 90.4 Å². The molecule has 10 heteroatoms. The van der Waals surface area contributed by atoms with Gasteiger partial charge in [-0.25, -0.2) is 0 Å². The molecule has 0 spiro atoms. The lowest BCUT2D eigenvalue weighted by Gasteiger charge is -2.15. The number of aliphatic carboxylic acids is 1. The van der Waals surface area contributed by atoms with E-state index in [1.165, 1.54) is 6.92 Å². The Hall–Kier alpha value is 0.0600. The van der Waals surface area contributed by atoms with Gasteiger partial charge in [-0.1, -0.05) is 0 Å². The maximum atomic E-state index is 11.2. The van der Waals surface area contributed by atoms with Gasteiger partial charge < -0.3 is 20.3 Å². The Bertz CT molecular complexity index is 857. The fourth-order valence-corrected chi connectivity index (χ4v) is 6.17. The summed E-state index contributed by atoms with van der Waals surface area (Å²) in [5, 5.41) is 8.97. The second kappa shape index (κ2) is 10.2. The van der Waals surface area contributed by atoms with Crippen molar-refractivity contribution in [2.75, 3.05) is 0 Å². The topological polar surface area (TPSA) is 98.9 Å². The van der Waals surface area contributed by atoms with Crippen molar-refractivity contribution in [3.63, 3.8) is 0 Å². The van der Waals surface area contributed by atoms with Gasteiger partial charge in [-0.05, 0) is 127 Å². The number of benzene rings is 2. The van der Waals surface area contributed by atoms with Crippen LogP contribution in [-0.2, 0) is 16.0 Å². The van der Waals surface area contributed by atoms with Gasteiger partial charge in [-0.15, -0.1) is 0 Å². The van der Waals surface area contributed by atoms with Crippen molar-refractivity contribution in [2.45, 2.75) is 19.4 Å². The molecule has 1 atom stereocenters. The molecule has 2 aromatic rings. The molecule has 0 aliphatic heterocycles. The third-order valence-corrected chi connectivity index (χ3v) is 6.47. The number of hydrogen-bond acceptors (Lipinski definition) is 5. The molecular formula is C17H13I4NO5. The smallest absolute Gasteiger partial charge is 0.320 e. The highest BCUT2D eigenvalue weighted by molar-refractivity contribution is 14.1. The standard InChI is InChI=1S/C17H13I4NO5/c1-7(23)26-15-12(20)5-9(6-13(15)21)27-16-10(18)2-8(3-11(16)19)4-14(22)17(24)25/h2-3,5-6,14H,4,22H2,1H3,(H,24,25)/t14-/m0/s1. The Morgan fingerprint density at radius 3 is 1.93 bits per heavy atom. The third kappa shape index (κ3) is 6.53. The monoisotopic (exact) mass is 819 g/mol. The Kier molecular flexibility index (Phi) is 8.82. The molecule has 0 saturated heterocycles. The molecule has 0 aliphatic rings. The van der Waals surface area contributed by atoms with Crippen molar-refractivity contribution in [3.8, 4) is 17.2 Å². The van der Waals surface area contributed by atoms with Crippen LogP contribution in [0.4, 0.5) is 0 Å². The van der Waals surface area contributed by atoms with Gasteiger partial charge in [0.2, 0.25) is 0 Å². The number of carboxylic acid groups (broad SMARTS) is 1. The maximum absolute atomic E-state index is 11.2. The van der Waals surface area contributed by atoms with Crippen LogP contribution in [0, 0.1) is 14.3 Å². The minimum absolute atomic E-state index is 0.245. The summed E-state index contributed by atoms with van der Waals surface area (Å²) in [5.41, 5.74) is 6.45. The predicted octanol–water partition coefficient (Wildman–Crippen LogP) is 4.78. The highest BCUT2D eigenvalue weighted by atomic mass is 127. The van der Waals surface area contributed by atoms with Gasteiger partial charge >= 0.3 is 11.9 Å². The molecular weight excluding hydrogens is 806 g/mol. The zero-order valence-electron chi connectivity index (χ0n) is 13.8. The third-order valence-electron chi connectivity index (χ3n) is 3.27. The van der Waals surface area contributed by atoms with E-state index in [1.807, 2.05) is 12.1 Å². The number of carboxylic acids is 1. The first-order valence-electron chi connectivity index (χ1n) is 7.40. The number of halogens is 4. The number of esters is 1. The summed E-state index contributed by atoms with van der Waals surface area (Å²) in [6.07, 6.45) is 0.245. The second-order valence-corrected chi connectivity index (χ2v) is 10.1. The van der Waals surface area contributed by atoms with Crippen LogP contribution in [0.5, 0.6) is 17.2 Å². The average Bonchev–Trinajstić information content (AvgIpc) is 2.54. The van der Waals surface area contributed by atoms with Crippen molar-refractivity contribution in [2.24, 2.45) is 5.73 Å². The summed E-state index contributed by atoms with van der Waals surface area (Å²) < 4.78 is 14.5. The first-order chi connectivity index (χ1) is 12.6. The predicted molar refractivity (Wildman–Crippen MR) is 134 cm³/mol. The van der Waals surface area contributed by atoms with E-state index >= 15 is 0 Å². The lowest BCUT2D eigenvalue weighted by atomic mass is 10.1. The fourth-order valence-electron chi connectivity index (χ4n) is 2.12. The van der Waals surface area contributed by atoms with E-state index in [1.54, 1.807) is 12.1 Å². The van der Waals surface area contributed by atoms with Gasteiger partial charge in [0.1, 0.15) is 11.8 Å². The summed E-state index contributed by atoms with van der Waals surface area (Å²) >= 11 is 8.49. The number of ether oxygens (including phenoxy) is 2. The van der Waals surface area contributed by atoms with Crippen LogP contribution in [0.2, 0.25) is 0 Å². The van der Waals surface area contributed by atoms with Crippen LogP contribution in [-0.4, -0.2) is 23.1 Å². The second-order valence-electron chi connectivity index (χ2n) is 5.45. The van der Waals surface area contributed by atoms with Crippen molar-refractivity contribution in [3.05, 3.63) is 44.1 Å². The minimum atomic E-state index is -1.03.